The summed E-state index contributed by atoms with van der Waals surface area (Å²) >= 11 is 0. The molecule has 0 radical (unpaired) electrons. The van der Waals surface area contributed by atoms with Crippen LogP contribution >= 0.6 is 0 Å². The molecule has 0 saturated carbocycles. The molecule has 2 aromatic heterocycles. The lowest BCUT2D eigenvalue weighted by Gasteiger charge is -2.03. The Hall–Kier alpha value is -1.84. The minimum absolute atomic E-state index is 0.650. The van der Waals surface area contributed by atoms with Gasteiger partial charge < -0.3 is 4.74 Å². The molecule has 0 aliphatic carbocycles. The largest absolute Gasteiger partial charge is 0.492 e. The van der Waals surface area contributed by atoms with Crippen molar-refractivity contribution in [2.75, 3.05) is 6.61 Å². The van der Waals surface area contributed by atoms with Crippen LogP contribution in [0.25, 0.3) is 0 Å². The van der Waals surface area contributed by atoms with Crippen molar-refractivity contribution in [1.29, 1.82) is 0 Å². The minimum Gasteiger partial charge on any atom is -0.492 e. The normalized spacial score (nSPS) is 10.2. The first-order valence-corrected chi connectivity index (χ1v) is 4.85. The van der Waals surface area contributed by atoms with E-state index in [1.54, 1.807) is 17.1 Å². The van der Waals surface area contributed by atoms with E-state index in [0.717, 1.165) is 12.2 Å². The zero-order valence-electron chi connectivity index (χ0n) is 8.63. The third-order valence-electron chi connectivity index (χ3n) is 2.05. The number of aromatic nitrogens is 3. The first-order chi connectivity index (χ1) is 7.34. The summed E-state index contributed by atoms with van der Waals surface area (Å²) < 4.78 is 7.31. The number of rotatable bonds is 4. The zero-order valence-corrected chi connectivity index (χ0v) is 8.63. The molecule has 78 valence electrons. The number of aryl methyl sites for hydroxylation is 1. The number of hydrogen-bond acceptors (Lipinski definition) is 3. The molecule has 0 N–H and O–H groups in total. The lowest BCUT2D eigenvalue weighted by atomic mass is 10.3. The lowest BCUT2D eigenvalue weighted by molar-refractivity contribution is 0.320. The number of ether oxygens (including phenoxy) is 1. The maximum atomic E-state index is 5.52. The molecule has 0 amide bonds. The van der Waals surface area contributed by atoms with Gasteiger partial charge in [-0.15, -0.1) is 0 Å². The Bertz CT molecular complexity index is 411. The van der Waals surface area contributed by atoms with Crippen molar-refractivity contribution in [2.45, 2.75) is 6.42 Å². The highest BCUT2D eigenvalue weighted by Gasteiger charge is 1.97. The summed E-state index contributed by atoms with van der Waals surface area (Å²) in [4.78, 5) is 3.97. The summed E-state index contributed by atoms with van der Waals surface area (Å²) in [6.07, 6.45) is 8.15. The highest BCUT2D eigenvalue weighted by atomic mass is 16.5. The van der Waals surface area contributed by atoms with Gasteiger partial charge in [-0.05, 0) is 17.7 Å². The molecule has 0 unspecified atom stereocenters. The van der Waals surface area contributed by atoms with Gasteiger partial charge in [0.1, 0.15) is 5.75 Å². The van der Waals surface area contributed by atoms with Crippen molar-refractivity contribution in [3.8, 4) is 5.75 Å². The van der Waals surface area contributed by atoms with Gasteiger partial charge in [0.2, 0.25) is 0 Å². The van der Waals surface area contributed by atoms with Crippen molar-refractivity contribution in [2.24, 2.45) is 7.05 Å². The highest BCUT2D eigenvalue weighted by Crippen LogP contribution is 2.07. The smallest absolute Gasteiger partial charge is 0.137 e. The van der Waals surface area contributed by atoms with Crippen molar-refractivity contribution in [1.82, 2.24) is 14.8 Å². The maximum absolute atomic E-state index is 5.52. The topological polar surface area (TPSA) is 39.9 Å². The molecule has 0 aromatic carbocycles. The Morgan fingerprint density at radius 2 is 2.33 bits per heavy atom. The molecule has 2 heterocycles. The fourth-order valence-electron chi connectivity index (χ4n) is 1.32. The maximum Gasteiger partial charge on any atom is 0.137 e. The van der Waals surface area contributed by atoms with Gasteiger partial charge in [-0.2, -0.15) is 5.10 Å². The van der Waals surface area contributed by atoms with Crippen LogP contribution in [-0.4, -0.2) is 21.4 Å². The Balaban J connectivity index is 1.80. The van der Waals surface area contributed by atoms with E-state index in [0.29, 0.717) is 6.61 Å². The van der Waals surface area contributed by atoms with Gasteiger partial charge in [0.15, 0.2) is 0 Å². The van der Waals surface area contributed by atoms with Gasteiger partial charge in [0.05, 0.1) is 19.0 Å². The lowest BCUT2D eigenvalue weighted by Crippen LogP contribution is -2.00. The first kappa shape index (κ1) is 9.71. The Labute approximate surface area is 88.5 Å². The SMILES string of the molecule is Cn1cc(CCOc2cccnc2)cn1. The molecule has 4 heteroatoms. The quantitative estimate of drug-likeness (QED) is 0.754. The fraction of sp³-hybridized carbons (Fsp3) is 0.273. The summed E-state index contributed by atoms with van der Waals surface area (Å²) in [5.41, 5.74) is 1.18. The summed E-state index contributed by atoms with van der Waals surface area (Å²) in [6, 6.07) is 3.76. The van der Waals surface area contributed by atoms with Crippen molar-refractivity contribution in [3.63, 3.8) is 0 Å². The summed E-state index contributed by atoms with van der Waals surface area (Å²) in [5, 5.41) is 4.09. The van der Waals surface area contributed by atoms with Crippen molar-refractivity contribution >= 4 is 0 Å². The second-order valence-corrected chi connectivity index (χ2v) is 3.31. The fourth-order valence-corrected chi connectivity index (χ4v) is 1.32. The molecular weight excluding hydrogens is 190 g/mol. The van der Waals surface area contributed by atoms with Crippen LogP contribution in [0.2, 0.25) is 0 Å². The predicted molar refractivity (Wildman–Crippen MR) is 56.6 cm³/mol. The van der Waals surface area contributed by atoms with Crippen LogP contribution < -0.4 is 4.74 Å². The zero-order chi connectivity index (χ0) is 10.5. The Kier molecular flexibility index (Phi) is 2.97. The molecule has 2 rings (SSSR count). The second kappa shape index (κ2) is 4.59. The van der Waals surface area contributed by atoms with E-state index in [1.165, 1.54) is 5.56 Å². The molecule has 4 nitrogen and oxygen atoms in total. The molecule has 0 atom stereocenters. The van der Waals surface area contributed by atoms with Gasteiger partial charge in [0.25, 0.3) is 0 Å². The standard InChI is InChI=1S/C11H13N3O/c1-14-9-10(7-13-14)4-6-15-11-3-2-5-12-8-11/h2-3,5,7-9H,4,6H2,1H3. The summed E-state index contributed by atoms with van der Waals surface area (Å²) in [5.74, 6) is 0.807. The van der Waals surface area contributed by atoms with Crippen LogP contribution in [0.5, 0.6) is 5.75 Å². The van der Waals surface area contributed by atoms with Crippen LogP contribution in [0.1, 0.15) is 5.56 Å². The average molecular weight is 203 g/mol. The van der Waals surface area contributed by atoms with E-state index in [2.05, 4.69) is 10.1 Å². The Morgan fingerprint density at radius 3 is 3.00 bits per heavy atom. The van der Waals surface area contributed by atoms with Crippen LogP contribution in [0.4, 0.5) is 0 Å². The van der Waals surface area contributed by atoms with E-state index in [1.807, 2.05) is 31.6 Å². The van der Waals surface area contributed by atoms with Crippen LogP contribution in [0.3, 0.4) is 0 Å². The molecule has 2 aromatic rings. The molecule has 0 aliphatic rings. The van der Waals surface area contributed by atoms with Gasteiger partial charge in [-0.3, -0.25) is 9.67 Å². The van der Waals surface area contributed by atoms with Gasteiger partial charge in [-0.1, -0.05) is 0 Å². The molecule has 0 fully saturated rings. The van der Waals surface area contributed by atoms with E-state index in [4.69, 9.17) is 4.74 Å². The number of pyridine rings is 1. The Morgan fingerprint density at radius 1 is 1.40 bits per heavy atom. The van der Waals surface area contributed by atoms with Gasteiger partial charge in [0, 0.05) is 25.9 Å². The van der Waals surface area contributed by atoms with Crippen LogP contribution in [0, 0.1) is 0 Å². The van der Waals surface area contributed by atoms with Gasteiger partial charge >= 0.3 is 0 Å². The first-order valence-electron chi connectivity index (χ1n) is 4.85. The molecule has 15 heavy (non-hydrogen) atoms. The second-order valence-electron chi connectivity index (χ2n) is 3.31. The van der Waals surface area contributed by atoms with E-state index < -0.39 is 0 Å². The minimum atomic E-state index is 0.650. The predicted octanol–water partition coefficient (Wildman–Crippen LogP) is 1.44. The molecule has 0 spiro atoms. The monoisotopic (exact) mass is 203 g/mol. The highest BCUT2D eigenvalue weighted by molar-refractivity contribution is 5.15. The van der Waals surface area contributed by atoms with Gasteiger partial charge in [-0.25, -0.2) is 0 Å². The third kappa shape index (κ3) is 2.80. The number of hydrogen-bond donors (Lipinski definition) is 0. The van der Waals surface area contributed by atoms with Crippen LogP contribution in [-0.2, 0) is 13.5 Å². The summed E-state index contributed by atoms with van der Waals surface area (Å²) in [7, 11) is 1.91. The van der Waals surface area contributed by atoms with Crippen molar-refractivity contribution in [3.05, 3.63) is 42.5 Å². The molecule has 0 aliphatic heterocycles. The molecule has 0 bridgehead atoms. The van der Waals surface area contributed by atoms with Crippen molar-refractivity contribution < 1.29 is 4.74 Å². The van der Waals surface area contributed by atoms with E-state index in [9.17, 15) is 0 Å². The molecular formula is C11H13N3O. The molecule has 0 saturated heterocycles. The average Bonchev–Trinajstić information content (AvgIpc) is 2.66. The summed E-state index contributed by atoms with van der Waals surface area (Å²) in [6.45, 7) is 0.650. The van der Waals surface area contributed by atoms with E-state index in [-0.39, 0.29) is 0 Å². The third-order valence-corrected chi connectivity index (χ3v) is 2.05. The van der Waals surface area contributed by atoms with Crippen LogP contribution in [0.15, 0.2) is 36.9 Å². The number of nitrogens with zero attached hydrogens (tertiary/aromatic N) is 3. The van der Waals surface area contributed by atoms with E-state index >= 15 is 0 Å².